The molecular weight excluding hydrogens is 362 g/mol. The zero-order valence-corrected chi connectivity index (χ0v) is 14.7. The Morgan fingerprint density at radius 1 is 1.00 bits per heavy atom. The molecule has 142 valence electrons. The first-order valence-corrected chi connectivity index (χ1v) is 8.39. The molecule has 0 spiro atoms. The Hall–Kier alpha value is -4.08. The van der Waals surface area contributed by atoms with Crippen molar-refractivity contribution in [2.75, 3.05) is 17.3 Å². The SMILES string of the molecule is O=C(NNc1ncnc(NCCc2ccccc2)c1[N+](=O)[O-])c1ccccn1. The Morgan fingerprint density at radius 3 is 2.46 bits per heavy atom. The maximum absolute atomic E-state index is 12.0. The minimum absolute atomic E-state index is 0.0607. The number of benzene rings is 1. The van der Waals surface area contributed by atoms with E-state index in [0.717, 1.165) is 5.56 Å². The van der Waals surface area contributed by atoms with E-state index in [1.54, 1.807) is 12.1 Å². The molecule has 3 rings (SSSR count). The van der Waals surface area contributed by atoms with Gasteiger partial charge < -0.3 is 5.32 Å². The van der Waals surface area contributed by atoms with Crippen molar-refractivity contribution in [3.63, 3.8) is 0 Å². The zero-order valence-electron chi connectivity index (χ0n) is 14.7. The maximum Gasteiger partial charge on any atom is 0.354 e. The highest BCUT2D eigenvalue weighted by Crippen LogP contribution is 2.28. The summed E-state index contributed by atoms with van der Waals surface area (Å²) < 4.78 is 0. The molecule has 10 heteroatoms. The predicted molar refractivity (Wildman–Crippen MR) is 103 cm³/mol. The monoisotopic (exact) mass is 379 g/mol. The highest BCUT2D eigenvalue weighted by atomic mass is 16.6. The topological polar surface area (TPSA) is 135 Å². The third kappa shape index (κ3) is 4.75. The van der Waals surface area contributed by atoms with Gasteiger partial charge in [0.05, 0.1) is 4.92 Å². The van der Waals surface area contributed by atoms with Gasteiger partial charge in [-0.25, -0.2) is 9.97 Å². The van der Waals surface area contributed by atoms with E-state index in [9.17, 15) is 14.9 Å². The van der Waals surface area contributed by atoms with Crippen molar-refractivity contribution in [1.82, 2.24) is 20.4 Å². The van der Waals surface area contributed by atoms with Gasteiger partial charge in [-0.3, -0.25) is 30.7 Å². The number of hydrazine groups is 1. The third-order valence-corrected chi connectivity index (χ3v) is 3.75. The standard InChI is InChI=1S/C18H17N7O3/c26-18(14-8-4-5-10-19-14)24-23-17-15(25(27)28)16(21-12-22-17)20-11-9-13-6-2-1-3-7-13/h1-8,10,12H,9,11H2,(H,24,26)(H2,20,21,22,23). The molecule has 0 aliphatic heterocycles. The molecule has 0 radical (unpaired) electrons. The molecule has 0 saturated heterocycles. The van der Waals surface area contributed by atoms with Crippen molar-refractivity contribution < 1.29 is 9.72 Å². The highest BCUT2D eigenvalue weighted by molar-refractivity contribution is 5.93. The Bertz CT molecular complexity index is 952. The molecule has 0 saturated carbocycles. The summed E-state index contributed by atoms with van der Waals surface area (Å²) in [4.78, 5) is 34.7. The predicted octanol–water partition coefficient (Wildman–Crippen LogP) is 2.19. The van der Waals surface area contributed by atoms with Gasteiger partial charge in [0, 0.05) is 12.7 Å². The number of amides is 1. The molecule has 3 N–H and O–H groups in total. The molecule has 0 fully saturated rings. The molecule has 0 aliphatic rings. The van der Waals surface area contributed by atoms with E-state index in [1.807, 2.05) is 30.3 Å². The van der Waals surface area contributed by atoms with E-state index in [2.05, 4.69) is 31.1 Å². The smallest absolute Gasteiger partial charge is 0.354 e. The molecule has 10 nitrogen and oxygen atoms in total. The van der Waals surface area contributed by atoms with Crippen molar-refractivity contribution in [3.05, 3.63) is 82.4 Å². The minimum Gasteiger partial charge on any atom is -0.364 e. The number of aromatic nitrogens is 3. The molecule has 28 heavy (non-hydrogen) atoms. The lowest BCUT2D eigenvalue weighted by atomic mass is 10.1. The second kappa shape index (κ2) is 9.03. The molecule has 1 aromatic carbocycles. The van der Waals surface area contributed by atoms with Gasteiger partial charge in [-0.05, 0) is 24.1 Å². The van der Waals surface area contributed by atoms with Crippen LogP contribution in [0.3, 0.4) is 0 Å². The quantitative estimate of drug-likeness (QED) is 0.400. The number of anilines is 2. The second-order valence-electron chi connectivity index (χ2n) is 5.63. The molecule has 0 bridgehead atoms. The van der Waals surface area contributed by atoms with Crippen LogP contribution in [0.4, 0.5) is 17.3 Å². The van der Waals surface area contributed by atoms with Crippen LogP contribution < -0.4 is 16.2 Å². The van der Waals surface area contributed by atoms with Gasteiger partial charge in [0.2, 0.25) is 11.6 Å². The van der Waals surface area contributed by atoms with Crippen molar-refractivity contribution in [2.45, 2.75) is 6.42 Å². The highest BCUT2D eigenvalue weighted by Gasteiger charge is 2.23. The van der Waals surface area contributed by atoms with Crippen LogP contribution in [0.2, 0.25) is 0 Å². The summed E-state index contributed by atoms with van der Waals surface area (Å²) in [7, 11) is 0. The fraction of sp³-hybridized carbons (Fsp3) is 0.111. The van der Waals surface area contributed by atoms with Crippen LogP contribution in [-0.2, 0) is 6.42 Å². The minimum atomic E-state index is -0.611. The zero-order chi connectivity index (χ0) is 19.8. The summed E-state index contributed by atoms with van der Waals surface area (Å²) >= 11 is 0. The van der Waals surface area contributed by atoms with E-state index in [1.165, 1.54) is 18.6 Å². The molecule has 0 unspecified atom stereocenters. The first-order chi connectivity index (χ1) is 13.6. The number of hydrogen-bond donors (Lipinski definition) is 3. The van der Waals surface area contributed by atoms with Crippen LogP contribution >= 0.6 is 0 Å². The van der Waals surface area contributed by atoms with E-state index < -0.39 is 10.8 Å². The Balaban J connectivity index is 1.68. The van der Waals surface area contributed by atoms with Crippen molar-refractivity contribution in [3.8, 4) is 0 Å². The Kier molecular flexibility index (Phi) is 6.03. The molecular formula is C18H17N7O3. The first kappa shape index (κ1) is 18.7. The van der Waals surface area contributed by atoms with Gasteiger partial charge in [-0.15, -0.1) is 0 Å². The van der Waals surface area contributed by atoms with E-state index in [0.29, 0.717) is 13.0 Å². The van der Waals surface area contributed by atoms with Crippen LogP contribution in [0.25, 0.3) is 0 Å². The molecule has 0 atom stereocenters. The van der Waals surface area contributed by atoms with Gasteiger partial charge in [0.1, 0.15) is 12.0 Å². The lowest BCUT2D eigenvalue weighted by molar-refractivity contribution is -0.383. The molecule has 0 aliphatic carbocycles. The average molecular weight is 379 g/mol. The summed E-state index contributed by atoms with van der Waals surface area (Å²) in [5.41, 5.74) is 5.70. The molecule has 2 aromatic heterocycles. The number of nitrogens with one attached hydrogen (secondary N) is 3. The number of carbonyl (C=O) groups excluding carboxylic acids is 1. The summed E-state index contributed by atoms with van der Waals surface area (Å²) in [6.45, 7) is 0.446. The van der Waals surface area contributed by atoms with E-state index in [4.69, 9.17) is 0 Å². The summed E-state index contributed by atoms with van der Waals surface area (Å²) in [5, 5.41) is 14.5. The molecule has 1 amide bonds. The number of pyridine rings is 1. The van der Waals surface area contributed by atoms with Gasteiger partial charge in [0.25, 0.3) is 5.91 Å². The first-order valence-electron chi connectivity index (χ1n) is 8.39. The number of nitro groups is 1. The van der Waals surface area contributed by atoms with Gasteiger partial charge in [0.15, 0.2) is 0 Å². The van der Waals surface area contributed by atoms with E-state index >= 15 is 0 Å². The van der Waals surface area contributed by atoms with Crippen LogP contribution in [0.15, 0.2) is 61.1 Å². The van der Waals surface area contributed by atoms with Gasteiger partial charge >= 0.3 is 5.69 Å². The normalized spacial score (nSPS) is 10.1. The average Bonchev–Trinajstić information content (AvgIpc) is 2.73. The van der Waals surface area contributed by atoms with Gasteiger partial charge in [-0.2, -0.15) is 0 Å². The lowest BCUT2D eigenvalue weighted by Crippen LogP contribution is -2.31. The molecule has 3 aromatic rings. The maximum atomic E-state index is 12.0. The van der Waals surface area contributed by atoms with Crippen LogP contribution in [0, 0.1) is 10.1 Å². The van der Waals surface area contributed by atoms with Crippen molar-refractivity contribution >= 4 is 23.2 Å². The fourth-order valence-electron chi connectivity index (χ4n) is 2.42. The third-order valence-electron chi connectivity index (χ3n) is 3.75. The van der Waals surface area contributed by atoms with Crippen LogP contribution in [-0.4, -0.2) is 32.3 Å². The van der Waals surface area contributed by atoms with Crippen LogP contribution in [0.1, 0.15) is 16.1 Å². The largest absolute Gasteiger partial charge is 0.364 e. The number of nitrogens with zero attached hydrogens (tertiary/aromatic N) is 4. The Labute approximate surface area is 160 Å². The molecule has 2 heterocycles. The van der Waals surface area contributed by atoms with Crippen LogP contribution in [0.5, 0.6) is 0 Å². The summed E-state index contributed by atoms with van der Waals surface area (Å²) in [5.74, 6) is -0.621. The van der Waals surface area contributed by atoms with Crippen molar-refractivity contribution in [2.24, 2.45) is 0 Å². The van der Waals surface area contributed by atoms with Gasteiger partial charge in [-0.1, -0.05) is 36.4 Å². The van der Waals surface area contributed by atoms with Crippen molar-refractivity contribution in [1.29, 1.82) is 0 Å². The number of hydrogen-bond acceptors (Lipinski definition) is 8. The fourth-order valence-corrected chi connectivity index (χ4v) is 2.42. The lowest BCUT2D eigenvalue weighted by Gasteiger charge is -2.10. The van der Waals surface area contributed by atoms with E-state index in [-0.39, 0.29) is 23.0 Å². The number of carbonyl (C=O) groups is 1. The summed E-state index contributed by atoms with van der Waals surface area (Å²) in [6.07, 6.45) is 3.31. The second-order valence-corrected chi connectivity index (χ2v) is 5.63. The number of rotatable bonds is 8. The Morgan fingerprint density at radius 2 is 1.75 bits per heavy atom. The summed E-state index contributed by atoms with van der Waals surface area (Å²) in [6, 6.07) is 14.6.